The fraction of sp³-hybridized carbons (Fsp3) is 0.333. The second-order valence-corrected chi connectivity index (χ2v) is 5.84. The molecule has 0 saturated heterocycles. The van der Waals surface area contributed by atoms with E-state index in [1.54, 1.807) is 17.5 Å². The van der Waals surface area contributed by atoms with Crippen LogP contribution in [0.1, 0.15) is 21.1 Å². The Labute approximate surface area is 140 Å². The van der Waals surface area contributed by atoms with E-state index >= 15 is 0 Å². The molecule has 1 aromatic heterocycles. The summed E-state index contributed by atoms with van der Waals surface area (Å²) in [6, 6.07) is 6.13. The lowest BCUT2D eigenvalue weighted by Gasteiger charge is -2.10. The van der Waals surface area contributed by atoms with E-state index in [9.17, 15) is 18.0 Å². The number of hydrogen-bond donors (Lipinski definition) is 2. The summed E-state index contributed by atoms with van der Waals surface area (Å²) in [4.78, 5) is 16.2. The van der Waals surface area contributed by atoms with Crippen molar-refractivity contribution in [2.75, 3.05) is 13.2 Å². The molecule has 5 nitrogen and oxygen atoms in total. The van der Waals surface area contributed by atoms with E-state index in [1.165, 1.54) is 23.5 Å². The smallest absolute Gasteiger partial charge is 0.422 e. The molecule has 0 unspecified atom stereocenters. The summed E-state index contributed by atoms with van der Waals surface area (Å²) < 4.78 is 41.1. The second kappa shape index (κ2) is 8.11. The molecule has 0 aliphatic carbocycles. The quantitative estimate of drug-likeness (QED) is 0.796. The zero-order valence-electron chi connectivity index (χ0n) is 12.6. The van der Waals surface area contributed by atoms with E-state index in [-0.39, 0.29) is 18.2 Å². The van der Waals surface area contributed by atoms with Gasteiger partial charge in [-0.05, 0) is 24.2 Å². The third kappa shape index (κ3) is 5.82. The molecular formula is C15H16F3N3O2S. The van der Waals surface area contributed by atoms with Crippen LogP contribution in [0.2, 0.25) is 0 Å². The van der Waals surface area contributed by atoms with Crippen LogP contribution in [-0.4, -0.2) is 30.2 Å². The van der Waals surface area contributed by atoms with Gasteiger partial charge in [0.2, 0.25) is 0 Å². The lowest BCUT2D eigenvalue weighted by molar-refractivity contribution is -0.153. The number of nitrogens with two attached hydrogens (primary N) is 1. The van der Waals surface area contributed by atoms with Gasteiger partial charge in [-0.3, -0.25) is 4.79 Å². The Bertz CT molecular complexity index is 689. The Kier molecular flexibility index (Phi) is 6.16. The van der Waals surface area contributed by atoms with Gasteiger partial charge in [0.15, 0.2) is 6.61 Å². The summed E-state index contributed by atoms with van der Waals surface area (Å²) in [6.45, 7) is -0.739. The maximum atomic E-state index is 12.1. The molecule has 2 aromatic rings. The van der Waals surface area contributed by atoms with Gasteiger partial charge >= 0.3 is 6.18 Å². The number of carbonyl (C=O) groups excluding carboxylic acids is 1. The van der Waals surface area contributed by atoms with Crippen LogP contribution in [0.3, 0.4) is 0 Å². The van der Waals surface area contributed by atoms with Crippen molar-refractivity contribution in [3.63, 3.8) is 0 Å². The third-order valence-electron chi connectivity index (χ3n) is 2.90. The Balaban J connectivity index is 1.90. The average Bonchev–Trinajstić information content (AvgIpc) is 2.99. The van der Waals surface area contributed by atoms with Gasteiger partial charge in [-0.15, -0.1) is 11.3 Å². The van der Waals surface area contributed by atoms with E-state index in [2.05, 4.69) is 15.0 Å². The first kappa shape index (κ1) is 18.2. The van der Waals surface area contributed by atoms with Crippen LogP contribution in [0.5, 0.6) is 5.75 Å². The number of halogens is 3. The Morgan fingerprint density at radius 3 is 2.88 bits per heavy atom. The van der Waals surface area contributed by atoms with Crippen molar-refractivity contribution in [3.8, 4) is 5.75 Å². The normalized spacial score (nSPS) is 11.3. The first-order valence-electron chi connectivity index (χ1n) is 7.08. The number of nitrogens with zero attached hydrogens (tertiary/aromatic N) is 1. The molecule has 1 heterocycles. The van der Waals surface area contributed by atoms with Crippen LogP contribution in [-0.2, 0) is 13.0 Å². The SMILES string of the molecule is NCCc1nc(C(=O)NCc2cccc(OCC(F)(F)F)c2)cs1. The number of carbonyl (C=O) groups is 1. The zero-order valence-corrected chi connectivity index (χ0v) is 13.4. The van der Waals surface area contributed by atoms with Crippen molar-refractivity contribution in [3.05, 3.63) is 45.9 Å². The maximum absolute atomic E-state index is 12.1. The van der Waals surface area contributed by atoms with Crippen LogP contribution in [0.15, 0.2) is 29.6 Å². The number of amides is 1. The summed E-state index contributed by atoms with van der Waals surface area (Å²) >= 11 is 1.36. The second-order valence-electron chi connectivity index (χ2n) is 4.90. The van der Waals surface area contributed by atoms with Crippen LogP contribution in [0, 0.1) is 0 Å². The summed E-state index contributed by atoms with van der Waals surface area (Å²) in [5.74, 6) is -0.255. The Hall–Kier alpha value is -2.13. The number of nitrogens with one attached hydrogen (secondary N) is 1. The number of hydrogen-bond acceptors (Lipinski definition) is 5. The number of rotatable bonds is 7. The minimum absolute atomic E-state index is 0.0953. The van der Waals surface area contributed by atoms with Crippen LogP contribution in [0.4, 0.5) is 13.2 Å². The highest BCUT2D eigenvalue weighted by Crippen LogP contribution is 2.19. The molecule has 0 bridgehead atoms. The van der Waals surface area contributed by atoms with Crippen molar-refractivity contribution < 1.29 is 22.7 Å². The molecule has 2 rings (SSSR count). The Morgan fingerprint density at radius 2 is 2.17 bits per heavy atom. The minimum atomic E-state index is -4.39. The monoisotopic (exact) mass is 359 g/mol. The molecule has 3 N–H and O–H groups in total. The van der Waals surface area contributed by atoms with Gasteiger partial charge in [-0.25, -0.2) is 4.98 Å². The van der Waals surface area contributed by atoms with Crippen LogP contribution < -0.4 is 15.8 Å². The highest BCUT2D eigenvalue weighted by atomic mass is 32.1. The van der Waals surface area contributed by atoms with Crippen molar-refractivity contribution in [1.82, 2.24) is 10.3 Å². The number of ether oxygens (including phenoxy) is 1. The first-order valence-corrected chi connectivity index (χ1v) is 7.96. The largest absolute Gasteiger partial charge is 0.484 e. The molecule has 0 aliphatic rings. The summed E-state index contributed by atoms with van der Waals surface area (Å²) in [5.41, 5.74) is 6.35. The van der Waals surface area contributed by atoms with Gasteiger partial charge in [0, 0.05) is 18.3 Å². The summed E-state index contributed by atoms with van der Waals surface area (Å²) in [5, 5.41) is 5.09. The molecule has 0 radical (unpaired) electrons. The molecule has 0 spiro atoms. The number of thiazole rings is 1. The predicted molar refractivity (Wildman–Crippen MR) is 84.0 cm³/mol. The van der Waals surface area contributed by atoms with Crippen LogP contribution >= 0.6 is 11.3 Å². The average molecular weight is 359 g/mol. The van der Waals surface area contributed by atoms with Crippen molar-refractivity contribution >= 4 is 17.2 Å². The van der Waals surface area contributed by atoms with E-state index in [0.717, 1.165) is 5.01 Å². The van der Waals surface area contributed by atoms with Gasteiger partial charge in [-0.2, -0.15) is 13.2 Å². The van der Waals surface area contributed by atoms with E-state index < -0.39 is 12.8 Å². The van der Waals surface area contributed by atoms with E-state index in [0.29, 0.717) is 24.2 Å². The molecule has 0 aliphatic heterocycles. The summed E-state index contributed by atoms with van der Waals surface area (Å²) in [6.07, 6.45) is -3.79. The first-order chi connectivity index (χ1) is 11.4. The van der Waals surface area contributed by atoms with Gasteiger partial charge < -0.3 is 15.8 Å². The predicted octanol–water partition coefficient (Wildman–Crippen LogP) is 2.52. The number of alkyl halides is 3. The number of benzene rings is 1. The van der Waals surface area contributed by atoms with Crippen LogP contribution in [0.25, 0.3) is 0 Å². The molecule has 0 fully saturated rings. The summed E-state index contributed by atoms with van der Waals surface area (Å²) in [7, 11) is 0. The van der Waals surface area contributed by atoms with Crippen molar-refractivity contribution in [2.45, 2.75) is 19.1 Å². The Morgan fingerprint density at radius 1 is 1.38 bits per heavy atom. The van der Waals surface area contributed by atoms with Gasteiger partial charge in [-0.1, -0.05) is 12.1 Å². The van der Waals surface area contributed by atoms with Gasteiger partial charge in [0.25, 0.3) is 5.91 Å². The maximum Gasteiger partial charge on any atom is 0.422 e. The zero-order chi connectivity index (χ0) is 17.6. The molecule has 0 atom stereocenters. The minimum Gasteiger partial charge on any atom is -0.484 e. The molecule has 9 heteroatoms. The highest BCUT2D eigenvalue weighted by Gasteiger charge is 2.28. The standard InChI is InChI=1S/C15H16F3N3O2S/c16-15(17,18)9-23-11-3-1-2-10(6-11)7-20-14(22)12-8-24-13(21-12)4-5-19/h1-3,6,8H,4-5,7,9,19H2,(H,20,22). The van der Waals surface area contributed by atoms with Gasteiger partial charge in [0.05, 0.1) is 5.01 Å². The lowest BCUT2D eigenvalue weighted by Crippen LogP contribution is -2.23. The molecule has 1 aromatic carbocycles. The highest BCUT2D eigenvalue weighted by molar-refractivity contribution is 7.09. The lowest BCUT2D eigenvalue weighted by atomic mass is 10.2. The van der Waals surface area contributed by atoms with Gasteiger partial charge in [0.1, 0.15) is 11.4 Å². The molecule has 24 heavy (non-hydrogen) atoms. The molecule has 0 saturated carbocycles. The van der Waals surface area contributed by atoms with E-state index in [4.69, 9.17) is 5.73 Å². The molecule has 130 valence electrons. The molecule has 1 amide bonds. The number of aromatic nitrogens is 1. The van der Waals surface area contributed by atoms with E-state index in [1.807, 2.05) is 0 Å². The fourth-order valence-electron chi connectivity index (χ4n) is 1.84. The fourth-order valence-corrected chi connectivity index (χ4v) is 2.63. The topological polar surface area (TPSA) is 77.2 Å². The third-order valence-corrected chi connectivity index (χ3v) is 3.81. The van der Waals surface area contributed by atoms with Crippen molar-refractivity contribution in [2.24, 2.45) is 5.73 Å². The molecular weight excluding hydrogens is 343 g/mol. The van der Waals surface area contributed by atoms with Crippen molar-refractivity contribution in [1.29, 1.82) is 0 Å².